The minimum atomic E-state index is -0.112. The van der Waals surface area contributed by atoms with Crippen molar-refractivity contribution in [2.45, 2.75) is 126 Å². The first-order chi connectivity index (χ1) is 16.4. The predicted octanol–water partition coefficient (Wildman–Crippen LogP) is 9.15. The van der Waals surface area contributed by atoms with Gasteiger partial charge in [-0.1, -0.05) is 71.8 Å². The Labute approximate surface area is 216 Å². The van der Waals surface area contributed by atoms with Gasteiger partial charge in [-0.05, 0) is 116 Å². The van der Waals surface area contributed by atoms with Crippen molar-refractivity contribution in [3.8, 4) is 0 Å². The van der Waals surface area contributed by atoms with Gasteiger partial charge in [-0.15, -0.1) is 0 Å². The topological polar surface area (TPSA) is 26.3 Å². The van der Waals surface area contributed by atoms with E-state index in [2.05, 4.69) is 67.5 Å². The third-order valence-corrected chi connectivity index (χ3v) is 12.4. The van der Waals surface area contributed by atoms with Crippen molar-refractivity contribution in [2.75, 3.05) is 0 Å². The summed E-state index contributed by atoms with van der Waals surface area (Å²) in [7, 11) is 0. The van der Waals surface area contributed by atoms with Crippen LogP contribution in [0.2, 0.25) is 0 Å². The Morgan fingerprint density at radius 3 is 2.46 bits per heavy atom. The van der Waals surface area contributed by atoms with E-state index in [-0.39, 0.29) is 12.1 Å². The van der Waals surface area contributed by atoms with E-state index < -0.39 is 0 Å². The second-order valence-corrected chi connectivity index (χ2v) is 14.1. The highest BCUT2D eigenvalue weighted by molar-refractivity contribution is 5.66. The molecule has 4 aliphatic rings. The van der Waals surface area contributed by atoms with Gasteiger partial charge in [0.05, 0.1) is 0 Å². The zero-order valence-electron chi connectivity index (χ0n) is 24.4. The lowest BCUT2D eigenvalue weighted by atomic mass is 9.42. The maximum Gasteiger partial charge on any atom is 0.302 e. The van der Waals surface area contributed by atoms with E-state index in [0.29, 0.717) is 39.9 Å². The standard InChI is InChI=1S/C33H54O2/c1-10-25(21(2)3)12-11-22(4)26-15-19-33(9)29-14-13-27-23(5)30(35-24(6)34)17-18-31(27,7)28(29)16-20-32(26,33)8/h10,14,21-23,26-28,30H,11-13,15-20H2,1-9H3/b25-10+/t22-,23+,26-,27+,28+,30+,31+,32-,33+/m1/s1. The van der Waals surface area contributed by atoms with Crippen LogP contribution >= 0.6 is 0 Å². The summed E-state index contributed by atoms with van der Waals surface area (Å²) in [5.41, 5.74) is 4.59. The zero-order chi connectivity index (χ0) is 25.8. The Kier molecular flexibility index (Phi) is 7.47. The third-order valence-electron chi connectivity index (χ3n) is 12.4. The molecule has 35 heavy (non-hydrogen) atoms. The number of allylic oxidation sites excluding steroid dienone is 4. The summed E-state index contributed by atoms with van der Waals surface area (Å²) in [5, 5.41) is 0. The molecule has 0 unspecified atom stereocenters. The fraction of sp³-hybridized carbons (Fsp3) is 0.848. The van der Waals surface area contributed by atoms with Crippen LogP contribution in [0, 0.1) is 51.8 Å². The highest BCUT2D eigenvalue weighted by atomic mass is 16.5. The molecule has 2 nitrogen and oxygen atoms in total. The van der Waals surface area contributed by atoms with Gasteiger partial charge in [0.15, 0.2) is 0 Å². The number of esters is 1. The maximum atomic E-state index is 11.7. The lowest BCUT2D eigenvalue weighted by molar-refractivity contribution is -0.159. The van der Waals surface area contributed by atoms with Gasteiger partial charge in [0, 0.05) is 6.92 Å². The molecule has 2 heteroatoms. The lowest BCUT2D eigenvalue weighted by Gasteiger charge is -2.62. The normalized spacial score (nSPS) is 44.2. The first kappa shape index (κ1) is 27.0. The van der Waals surface area contributed by atoms with E-state index in [9.17, 15) is 4.79 Å². The van der Waals surface area contributed by atoms with Crippen LogP contribution in [0.15, 0.2) is 23.3 Å². The van der Waals surface area contributed by atoms with Crippen molar-refractivity contribution in [2.24, 2.45) is 51.8 Å². The van der Waals surface area contributed by atoms with Gasteiger partial charge in [0.1, 0.15) is 6.10 Å². The predicted molar refractivity (Wildman–Crippen MR) is 147 cm³/mol. The van der Waals surface area contributed by atoms with Crippen molar-refractivity contribution in [1.82, 2.24) is 0 Å². The average Bonchev–Trinajstić information content (AvgIpc) is 3.07. The smallest absolute Gasteiger partial charge is 0.302 e. The molecular weight excluding hydrogens is 428 g/mol. The molecule has 9 atom stereocenters. The Bertz CT molecular complexity index is 866. The Hall–Kier alpha value is -1.05. The Morgan fingerprint density at radius 1 is 1.11 bits per heavy atom. The summed E-state index contributed by atoms with van der Waals surface area (Å²) in [5.74, 6) is 3.99. The second kappa shape index (κ2) is 9.68. The summed E-state index contributed by atoms with van der Waals surface area (Å²) in [6.07, 6.45) is 16.7. The van der Waals surface area contributed by atoms with Crippen molar-refractivity contribution >= 4 is 5.97 Å². The van der Waals surface area contributed by atoms with E-state index in [0.717, 1.165) is 18.3 Å². The minimum absolute atomic E-state index is 0.106. The monoisotopic (exact) mass is 482 g/mol. The summed E-state index contributed by atoms with van der Waals surface area (Å²) < 4.78 is 5.78. The van der Waals surface area contributed by atoms with Gasteiger partial charge in [-0.2, -0.15) is 0 Å². The zero-order valence-corrected chi connectivity index (χ0v) is 24.4. The summed E-state index contributed by atoms with van der Waals surface area (Å²) in [6.45, 7) is 21.3. The first-order valence-corrected chi connectivity index (χ1v) is 14.9. The molecular formula is C33H54O2. The molecule has 0 radical (unpaired) electrons. The second-order valence-electron chi connectivity index (χ2n) is 14.1. The summed E-state index contributed by atoms with van der Waals surface area (Å²) in [4.78, 5) is 11.7. The van der Waals surface area contributed by atoms with Crippen LogP contribution in [-0.2, 0) is 9.53 Å². The SMILES string of the molecule is C/C=C(\CC[C@@H](C)[C@H]1CC[C@@]2(C)C3=CC[C@H]4[C@H](C)[C@@H](OC(C)=O)CC[C@]4(C)[C@H]3CC[C@]12C)C(C)C. The van der Waals surface area contributed by atoms with Gasteiger partial charge < -0.3 is 4.74 Å². The van der Waals surface area contributed by atoms with E-state index in [4.69, 9.17) is 4.74 Å². The first-order valence-electron chi connectivity index (χ1n) is 14.9. The molecule has 0 N–H and O–H groups in total. The molecule has 0 aromatic heterocycles. The molecule has 3 fully saturated rings. The molecule has 4 aliphatic carbocycles. The van der Waals surface area contributed by atoms with Crippen LogP contribution in [-0.4, -0.2) is 12.1 Å². The average molecular weight is 483 g/mol. The highest BCUT2D eigenvalue weighted by Gasteiger charge is 2.64. The highest BCUT2D eigenvalue weighted by Crippen LogP contribution is 2.72. The third kappa shape index (κ3) is 4.27. The van der Waals surface area contributed by atoms with Crippen LogP contribution < -0.4 is 0 Å². The van der Waals surface area contributed by atoms with Crippen molar-refractivity contribution < 1.29 is 9.53 Å². The fourth-order valence-corrected chi connectivity index (χ4v) is 10.0. The number of rotatable bonds is 6. The van der Waals surface area contributed by atoms with Crippen LogP contribution in [0.1, 0.15) is 120 Å². The number of hydrogen-bond donors (Lipinski definition) is 0. The molecule has 3 saturated carbocycles. The molecule has 0 spiro atoms. The van der Waals surface area contributed by atoms with Crippen molar-refractivity contribution in [1.29, 1.82) is 0 Å². The maximum absolute atomic E-state index is 11.7. The Morgan fingerprint density at radius 2 is 1.83 bits per heavy atom. The van der Waals surface area contributed by atoms with Gasteiger partial charge in [0.2, 0.25) is 0 Å². The Balaban J connectivity index is 1.55. The molecule has 4 rings (SSSR count). The molecule has 0 aromatic rings. The van der Waals surface area contributed by atoms with Crippen LogP contribution in [0.3, 0.4) is 0 Å². The molecule has 0 saturated heterocycles. The summed E-state index contributed by atoms with van der Waals surface area (Å²) >= 11 is 0. The van der Waals surface area contributed by atoms with Crippen LogP contribution in [0.25, 0.3) is 0 Å². The number of carbonyl (C=O) groups excluding carboxylic acids is 1. The number of carbonyl (C=O) groups is 1. The molecule has 0 bridgehead atoms. The van der Waals surface area contributed by atoms with Gasteiger partial charge in [0.25, 0.3) is 0 Å². The molecule has 198 valence electrons. The molecule has 0 amide bonds. The van der Waals surface area contributed by atoms with Crippen molar-refractivity contribution in [3.63, 3.8) is 0 Å². The van der Waals surface area contributed by atoms with Gasteiger partial charge >= 0.3 is 5.97 Å². The van der Waals surface area contributed by atoms with Crippen LogP contribution in [0.4, 0.5) is 0 Å². The van der Waals surface area contributed by atoms with Gasteiger partial charge in [-0.3, -0.25) is 4.79 Å². The van der Waals surface area contributed by atoms with Crippen LogP contribution in [0.5, 0.6) is 0 Å². The molecule has 0 heterocycles. The number of fused-ring (bicyclic) bond motifs is 5. The lowest BCUT2D eigenvalue weighted by Crippen LogP contribution is -2.55. The quantitative estimate of drug-likeness (QED) is 0.279. The van der Waals surface area contributed by atoms with E-state index in [1.165, 1.54) is 51.4 Å². The van der Waals surface area contributed by atoms with Gasteiger partial charge in [-0.25, -0.2) is 0 Å². The fourth-order valence-electron chi connectivity index (χ4n) is 10.0. The molecule has 0 aromatic carbocycles. The molecule has 0 aliphatic heterocycles. The van der Waals surface area contributed by atoms with Crippen molar-refractivity contribution in [3.05, 3.63) is 23.3 Å². The van der Waals surface area contributed by atoms with E-state index in [1.54, 1.807) is 12.5 Å². The number of hydrogen-bond acceptors (Lipinski definition) is 2. The number of ether oxygens (including phenoxy) is 1. The largest absolute Gasteiger partial charge is 0.462 e. The van der Waals surface area contributed by atoms with E-state index >= 15 is 0 Å². The minimum Gasteiger partial charge on any atom is -0.462 e. The van der Waals surface area contributed by atoms with E-state index in [1.807, 2.05) is 5.57 Å². The summed E-state index contributed by atoms with van der Waals surface area (Å²) in [6, 6.07) is 0.